The van der Waals surface area contributed by atoms with Crippen molar-refractivity contribution in [3.05, 3.63) is 69.8 Å². The third kappa shape index (κ3) is 6.76. The van der Waals surface area contributed by atoms with Crippen molar-refractivity contribution in [2.24, 2.45) is 0 Å². The number of benzene rings is 2. The molecule has 30 heavy (non-hydrogen) atoms. The van der Waals surface area contributed by atoms with Crippen molar-refractivity contribution >= 4 is 23.3 Å². The predicted molar refractivity (Wildman–Crippen MR) is 101 cm³/mol. The highest BCUT2D eigenvalue weighted by molar-refractivity contribution is 5.93. The minimum Gasteiger partial charge on any atom is -0.449 e. The van der Waals surface area contributed by atoms with Gasteiger partial charge in [-0.2, -0.15) is 13.2 Å². The lowest BCUT2D eigenvalue weighted by Gasteiger charge is -2.15. The number of nitrogens with one attached hydrogen (secondary N) is 2. The summed E-state index contributed by atoms with van der Waals surface area (Å²) in [6, 6.07) is 12.7. The lowest BCUT2D eigenvalue weighted by molar-refractivity contribution is -0.384. The summed E-state index contributed by atoms with van der Waals surface area (Å²) in [5.74, 6) is -2.22. The summed E-state index contributed by atoms with van der Waals surface area (Å²) < 4.78 is 41.2. The summed E-state index contributed by atoms with van der Waals surface area (Å²) in [6.45, 7) is -0.170. The number of nitrogens with zero attached hydrogens (tertiary/aromatic N) is 1. The van der Waals surface area contributed by atoms with Gasteiger partial charge in [0.05, 0.1) is 10.5 Å². The second kappa shape index (κ2) is 9.72. The van der Waals surface area contributed by atoms with Gasteiger partial charge in [-0.3, -0.25) is 14.9 Å². The summed E-state index contributed by atoms with van der Waals surface area (Å²) in [6.07, 6.45) is -6.13. The van der Waals surface area contributed by atoms with E-state index in [2.05, 4.69) is 5.32 Å². The Balaban J connectivity index is 2.06. The molecule has 0 aromatic heterocycles. The molecule has 2 N–H and O–H groups in total. The predicted octanol–water partition coefficient (Wildman–Crippen LogP) is 3.43. The van der Waals surface area contributed by atoms with E-state index < -0.39 is 41.3 Å². The van der Waals surface area contributed by atoms with Crippen LogP contribution in [0.25, 0.3) is 0 Å². The molecule has 0 radical (unpaired) electrons. The number of rotatable bonds is 8. The van der Waals surface area contributed by atoms with Crippen LogP contribution in [0.2, 0.25) is 0 Å². The fraction of sp³-hybridized carbons (Fsp3) is 0.263. The quantitative estimate of drug-likeness (QED) is 0.381. The van der Waals surface area contributed by atoms with Gasteiger partial charge in [-0.15, -0.1) is 0 Å². The number of nitro benzene ring substituents is 1. The summed E-state index contributed by atoms with van der Waals surface area (Å²) in [5.41, 5.74) is 0.433. The zero-order valence-electron chi connectivity index (χ0n) is 15.7. The van der Waals surface area contributed by atoms with Crippen molar-refractivity contribution in [2.75, 3.05) is 11.9 Å². The Morgan fingerprint density at radius 1 is 1.17 bits per heavy atom. The van der Waals surface area contributed by atoms with E-state index in [1.54, 1.807) is 5.32 Å². The number of amides is 1. The van der Waals surface area contributed by atoms with Crippen molar-refractivity contribution in [1.29, 1.82) is 0 Å². The van der Waals surface area contributed by atoms with Crippen LogP contribution in [0.3, 0.4) is 0 Å². The van der Waals surface area contributed by atoms with Crippen LogP contribution in [0.4, 0.5) is 24.5 Å². The van der Waals surface area contributed by atoms with E-state index in [9.17, 15) is 32.9 Å². The number of hydrogen-bond acceptors (Lipinski definition) is 6. The van der Waals surface area contributed by atoms with Crippen LogP contribution in [0.5, 0.6) is 0 Å². The van der Waals surface area contributed by atoms with E-state index in [0.717, 1.165) is 18.6 Å². The number of carbonyl (C=O) groups is 2. The molecule has 0 saturated carbocycles. The first-order valence-corrected chi connectivity index (χ1v) is 8.68. The Morgan fingerprint density at radius 3 is 2.43 bits per heavy atom. The number of alkyl halides is 3. The molecule has 1 unspecified atom stereocenters. The van der Waals surface area contributed by atoms with Crippen LogP contribution in [-0.2, 0) is 16.1 Å². The number of esters is 1. The van der Waals surface area contributed by atoms with Gasteiger partial charge in [0.25, 0.3) is 11.6 Å². The van der Waals surface area contributed by atoms with Crippen molar-refractivity contribution in [3.8, 4) is 0 Å². The van der Waals surface area contributed by atoms with E-state index in [4.69, 9.17) is 4.74 Å². The molecule has 0 aliphatic heterocycles. The number of hydrogen-bond donors (Lipinski definition) is 2. The van der Waals surface area contributed by atoms with Crippen molar-refractivity contribution < 1.29 is 32.4 Å². The topological polar surface area (TPSA) is 111 Å². The number of ether oxygens (including phenoxy) is 1. The first-order valence-electron chi connectivity index (χ1n) is 8.68. The second-order valence-corrected chi connectivity index (χ2v) is 6.21. The molecule has 160 valence electrons. The SMILES string of the molecule is CC(OC(=O)c1ccc(NCc2ccccc2)c([N+](=O)[O-])c1)C(=O)NCC(F)(F)F. The molecule has 11 heteroatoms. The Hall–Kier alpha value is -3.63. The lowest BCUT2D eigenvalue weighted by atomic mass is 10.1. The standard InChI is InChI=1S/C19H18F3N3O5/c1-12(17(26)24-11-19(20,21)22)30-18(27)14-7-8-15(16(9-14)25(28)29)23-10-13-5-3-2-4-6-13/h2-9,12,23H,10-11H2,1H3,(H,24,26). The molecule has 0 heterocycles. The summed E-state index contributed by atoms with van der Waals surface area (Å²) >= 11 is 0. The fourth-order valence-electron chi connectivity index (χ4n) is 2.37. The van der Waals surface area contributed by atoms with Gasteiger partial charge in [0, 0.05) is 12.6 Å². The molecule has 2 aromatic rings. The largest absolute Gasteiger partial charge is 0.449 e. The molecule has 1 atom stereocenters. The molecule has 0 aliphatic carbocycles. The lowest BCUT2D eigenvalue weighted by Crippen LogP contribution is -2.40. The number of carbonyl (C=O) groups excluding carboxylic acids is 2. The minimum atomic E-state index is -4.61. The van der Waals surface area contributed by atoms with Gasteiger partial charge in [-0.1, -0.05) is 30.3 Å². The fourth-order valence-corrected chi connectivity index (χ4v) is 2.37. The highest BCUT2D eigenvalue weighted by Gasteiger charge is 2.30. The first kappa shape index (κ1) is 22.7. The minimum absolute atomic E-state index is 0.163. The molecule has 1 amide bonds. The van der Waals surface area contributed by atoms with Gasteiger partial charge in [-0.25, -0.2) is 4.79 Å². The maximum Gasteiger partial charge on any atom is 0.405 e. The molecule has 0 bridgehead atoms. The Kier molecular flexibility index (Phi) is 7.34. The molecular formula is C19H18F3N3O5. The first-order chi connectivity index (χ1) is 14.1. The van der Waals surface area contributed by atoms with Crippen LogP contribution < -0.4 is 10.6 Å². The third-order valence-electron chi connectivity index (χ3n) is 3.87. The van der Waals surface area contributed by atoms with E-state index in [-0.39, 0.29) is 11.3 Å². The zero-order chi connectivity index (χ0) is 22.3. The van der Waals surface area contributed by atoms with Crippen molar-refractivity contribution in [3.63, 3.8) is 0 Å². The molecule has 0 spiro atoms. The summed E-state index contributed by atoms with van der Waals surface area (Å²) in [7, 11) is 0. The van der Waals surface area contributed by atoms with Crippen molar-refractivity contribution in [1.82, 2.24) is 5.32 Å². The van der Waals surface area contributed by atoms with E-state index in [1.165, 1.54) is 12.1 Å². The average Bonchev–Trinajstić information content (AvgIpc) is 2.70. The maximum absolute atomic E-state index is 12.2. The molecule has 2 aromatic carbocycles. The highest BCUT2D eigenvalue weighted by atomic mass is 19.4. The molecule has 0 saturated heterocycles. The van der Waals surface area contributed by atoms with Gasteiger partial charge >= 0.3 is 12.1 Å². The van der Waals surface area contributed by atoms with E-state index >= 15 is 0 Å². The average molecular weight is 425 g/mol. The second-order valence-electron chi connectivity index (χ2n) is 6.21. The van der Waals surface area contributed by atoms with Gasteiger partial charge < -0.3 is 15.4 Å². The molecule has 8 nitrogen and oxygen atoms in total. The molecule has 0 fully saturated rings. The van der Waals surface area contributed by atoms with Crippen LogP contribution in [-0.4, -0.2) is 35.6 Å². The highest BCUT2D eigenvalue weighted by Crippen LogP contribution is 2.26. The monoisotopic (exact) mass is 425 g/mol. The Morgan fingerprint density at radius 2 is 1.83 bits per heavy atom. The van der Waals surface area contributed by atoms with Crippen molar-refractivity contribution in [2.45, 2.75) is 25.7 Å². The normalized spacial score (nSPS) is 12.0. The van der Waals surface area contributed by atoms with Crippen LogP contribution in [0.1, 0.15) is 22.8 Å². The van der Waals surface area contributed by atoms with E-state index in [1.807, 2.05) is 30.3 Å². The van der Waals surface area contributed by atoms with Crippen LogP contribution in [0, 0.1) is 10.1 Å². The van der Waals surface area contributed by atoms with E-state index in [0.29, 0.717) is 6.54 Å². The molecule has 2 rings (SSSR count). The van der Waals surface area contributed by atoms with Crippen LogP contribution >= 0.6 is 0 Å². The number of anilines is 1. The summed E-state index contributed by atoms with van der Waals surface area (Å²) in [4.78, 5) is 34.4. The van der Waals surface area contributed by atoms with Gasteiger partial charge in [0.2, 0.25) is 0 Å². The van der Waals surface area contributed by atoms with Gasteiger partial charge in [0.1, 0.15) is 12.2 Å². The Bertz CT molecular complexity index is 919. The molecule has 0 aliphatic rings. The third-order valence-corrected chi connectivity index (χ3v) is 3.87. The van der Waals surface area contributed by atoms with Crippen LogP contribution in [0.15, 0.2) is 48.5 Å². The van der Waals surface area contributed by atoms with Gasteiger partial charge in [-0.05, 0) is 24.6 Å². The Labute approximate surface area is 169 Å². The smallest absolute Gasteiger partial charge is 0.405 e. The summed E-state index contributed by atoms with van der Waals surface area (Å²) in [5, 5.41) is 15.9. The number of halogens is 3. The molecular weight excluding hydrogens is 407 g/mol. The van der Waals surface area contributed by atoms with Gasteiger partial charge in [0.15, 0.2) is 6.10 Å². The maximum atomic E-state index is 12.2. The number of nitro groups is 1. The zero-order valence-corrected chi connectivity index (χ0v) is 15.7.